The van der Waals surface area contributed by atoms with Crippen LogP contribution < -0.4 is 0 Å². The monoisotopic (exact) mass is 320 g/mol. The highest BCUT2D eigenvalue weighted by Gasteiger charge is 2.23. The molecule has 100 valence electrons. The van der Waals surface area contributed by atoms with Crippen LogP contribution in [0, 0.1) is 0 Å². The van der Waals surface area contributed by atoms with Gasteiger partial charge < -0.3 is 4.74 Å². The van der Waals surface area contributed by atoms with Gasteiger partial charge in [0.15, 0.2) is 0 Å². The highest BCUT2D eigenvalue weighted by atomic mass is 79.9. The van der Waals surface area contributed by atoms with Crippen molar-refractivity contribution in [1.82, 2.24) is 0 Å². The van der Waals surface area contributed by atoms with Gasteiger partial charge in [-0.2, -0.15) is 0 Å². The van der Waals surface area contributed by atoms with Gasteiger partial charge in [0.25, 0.3) is 0 Å². The number of carbonyl (C=O) groups excluding carboxylic acids is 1. The summed E-state index contributed by atoms with van der Waals surface area (Å²) in [5, 5.41) is 0. The average molecular weight is 321 g/mol. The number of halogens is 1. The molecule has 1 atom stereocenters. The van der Waals surface area contributed by atoms with Crippen LogP contribution in [0.15, 0.2) is 65.2 Å². The van der Waals surface area contributed by atoms with E-state index >= 15 is 0 Å². The topological polar surface area (TPSA) is 26.3 Å². The second-order valence-electron chi connectivity index (χ2n) is 3.90. The van der Waals surface area contributed by atoms with E-state index in [1.54, 1.807) is 6.08 Å². The van der Waals surface area contributed by atoms with Crippen LogP contribution >= 0.6 is 15.9 Å². The maximum atomic E-state index is 12.0. The van der Waals surface area contributed by atoms with E-state index in [9.17, 15) is 4.79 Å². The zero-order valence-electron chi connectivity index (χ0n) is 11.1. The Balaban J connectivity index is 3.24. The number of ether oxygens (including phenoxy) is 1. The van der Waals surface area contributed by atoms with Gasteiger partial charge in [0, 0.05) is 4.47 Å². The Morgan fingerprint density at radius 3 is 2.47 bits per heavy atom. The summed E-state index contributed by atoms with van der Waals surface area (Å²) in [6.07, 6.45) is 7.34. The van der Waals surface area contributed by atoms with Crippen molar-refractivity contribution in [2.75, 3.05) is 7.11 Å². The predicted octanol–water partition coefficient (Wildman–Crippen LogP) is 4.39. The SMILES string of the molecule is C=C/C(=C\C=C/C)C(C(=O)OC)c1ccc(Br)cc1. The first-order valence-electron chi connectivity index (χ1n) is 5.92. The van der Waals surface area contributed by atoms with Gasteiger partial charge in [-0.05, 0) is 30.2 Å². The molecule has 0 N–H and O–H groups in total. The molecule has 0 radical (unpaired) electrons. The molecule has 19 heavy (non-hydrogen) atoms. The minimum atomic E-state index is -0.452. The fraction of sp³-hybridized carbons (Fsp3) is 0.188. The number of hydrogen-bond acceptors (Lipinski definition) is 2. The van der Waals surface area contributed by atoms with Gasteiger partial charge in [-0.15, -0.1) is 0 Å². The third-order valence-corrected chi connectivity index (χ3v) is 3.22. The number of carbonyl (C=O) groups is 1. The molecule has 0 fully saturated rings. The van der Waals surface area contributed by atoms with Crippen LogP contribution in [0.4, 0.5) is 0 Å². The molecule has 0 aliphatic rings. The lowest BCUT2D eigenvalue weighted by Gasteiger charge is -2.16. The molecule has 1 rings (SSSR count). The fourth-order valence-electron chi connectivity index (χ4n) is 1.73. The number of hydrogen-bond donors (Lipinski definition) is 0. The quantitative estimate of drug-likeness (QED) is 0.594. The molecule has 0 bridgehead atoms. The first-order valence-corrected chi connectivity index (χ1v) is 6.72. The molecule has 0 amide bonds. The summed E-state index contributed by atoms with van der Waals surface area (Å²) in [6.45, 7) is 5.70. The van der Waals surface area contributed by atoms with Gasteiger partial charge in [-0.1, -0.05) is 58.9 Å². The van der Waals surface area contributed by atoms with E-state index in [1.165, 1.54) is 7.11 Å². The van der Waals surface area contributed by atoms with E-state index in [1.807, 2.05) is 49.4 Å². The minimum absolute atomic E-state index is 0.294. The van der Waals surface area contributed by atoms with E-state index < -0.39 is 5.92 Å². The number of methoxy groups -OCH3 is 1. The molecule has 0 heterocycles. The van der Waals surface area contributed by atoms with Crippen molar-refractivity contribution < 1.29 is 9.53 Å². The van der Waals surface area contributed by atoms with E-state index in [-0.39, 0.29) is 5.97 Å². The second kappa shape index (κ2) is 7.74. The van der Waals surface area contributed by atoms with Gasteiger partial charge in [-0.3, -0.25) is 4.79 Å². The molecule has 0 aliphatic carbocycles. The Morgan fingerprint density at radius 1 is 1.37 bits per heavy atom. The smallest absolute Gasteiger partial charge is 0.317 e. The lowest BCUT2D eigenvalue weighted by Crippen LogP contribution is -2.15. The summed E-state index contributed by atoms with van der Waals surface area (Å²) in [6, 6.07) is 7.61. The Bertz CT molecular complexity index is 498. The van der Waals surface area contributed by atoms with Crippen LogP contribution in [0.3, 0.4) is 0 Å². The molecule has 1 unspecified atom stereocenters. The molecule has 0 aromatic heterocycles. The Hall–Kier alpha value is -1.61. The molecule has 0 aliphatic heterocycles. The molecular weight excluding hydrogens is 304 g/mol. The molecule has 0 saturated heterocycles. The van der Waals surface area contributed by atoms with Crippen LogP contribution in [-0.4, -0.2) is 13.1 Å². The first-order chi connectivity index (χ1) is 9.13. The van der Waals surface area contributed by atoms with Crippen LogP contribution in [0.5, 0.6) is 0 Å². The van der Waals surface area contributed by atoms with Crippen molar-refractivity contribution >= 4 is 21.9 Å². The molecule has 3 heteroatoms. The van der Waals surface area contributed by atoms with Crippen molar-refractivity contribution in [3.8, 4) is 0 Å². The predicted molar refractivity (Wildman–Crippen MR) is 82.0 cm³/mol. The number of esters is 1. The fourth-order valence-corrected chi connectivity index (χ4v) is 1.99. The van der Waals surface area contributed by atoms with E-state index in [0.29, 0.717) is 0 Å². The number of allylic oxidation sites excluding steroid dienone is 4. The third kappa shape index (κ3) is 4.21. The second-order valence-corrected chi connectivity index (χ2v) is 4.82. The van der Waals surface area contributed by atoms with E-state index in [0.717, 1.165) is 15.6 Å². The van der Waals surface area contributed by atoms with E-state index in [4.69, 9.17) is 4.74 Å². The Morgan fingerprint density at radius 2 is 2.00 bits per heavy atom. The van der Waals surface area contributed by atoms with Crippen molar-refractivity contribution in [1.29, 1.82) is 0 Å². The summed E-state index contributed by atoms with van der Waals surface area (Å²) >= 11 is 3.38. The van der Waals surface area contributed by atoms with Crippen LogP contribution in [-0.2, 0) is 9.53 Å². The molecular formula is C16H17BrO2. The standard InChI is InChI=1S/C16H17BrO2/c1-4-6-7-12(5-2)15(16(18)19-3)13-8-10-14(17)11-9-13/h4-11,15H,2H2,1,3H3/b6-4-,12-7+. The van der Waals surface area contributed by atoms with Gasteiger partial charge in [0.05, 0.1) is 7.11 Å². The third-order valence-electron chi connectivity index (χ3n) is 2.69. The van der Waals surface area contributed by atoms with Gasteiger partial charge >= 0.3 is 5.97 Å². The first kappa shape index (κ1) is 15.4. The van der Waals surface area contributed by atoms with Crippen LogP contribution in [0.25, 0.3) is 0 Å². The normalized spacial score (nSPS) is 13.3. The lowest BCUT2D eigenvalue weighted by atomic mass is 9.90. The maximum absolute atomic E-state index is 12.0. The summed E-state index contributed by atoms with van der Waals surface area (Å²) in [7, 11) is 1.39. The van der Waals surface area contributed by atoms with Gasteiger partial charge in [-0.25, -0.2) is 0 Å². The van der Waals surface area contributed by atoms with Crippen molar-refractivity contribution in [3.05, 3.63) is 70.8 Å². The summed E-state index contributed by atoms with van der Waals surface area (Å²) < 4.78 is 5.87. The summed E-state index contributed by atoms with van der Waals surface area (Å²) in [5.74, 6) is -0.746. The summed E-state index contributed by atoms with van der Waals surface area (Å²) in [5.41, 5.74) is 1.69. The average Bonchev–Trinajstić information content (AvgIpc) is 2.44. The molecule has 0 spiro atoms. The zero-order valence-corrected chi connectivity index (χ0v) is 12.7. The number of benzene rings is 1. The largest absolute Gasteiger partial charge is 0.468 e. The lowest BCUT2D eigenvalue weighted by molar-refractivity contribution is -0.141. The van der Waals surface area contributed by atoms with Crippen LogP contribution in [0.1, 0.15) is 18.4 Å². The Labute approximate surface area is 122 Å². The van der Waals surface area contributed by atoms with Crippen molar-refractivity contribution in [3.63, 3.8) is 0 Å². The van der Waals surface area contributed by atoms with Gasteiger partial charge in [0.1, 0.15) is 5.92 Å². The zero-order chi connectivity index (χ0) is 14.3. The molecule has 1 aromatic carbocycles. The van der Waals surface area contributed by atoms with Crippen molar-refractivity contribution in [2.24, 2.45) is 0 Å². The molecule has 2 nitrogen and oxygen atoms in total. The maximum Gasteiger partial charge on any atom is 0.317 e. The highest BCUT2D eigenvalue weighted by Crippen LogP contribution is 2.28. The highest BCUT2D eigenvalue weighted by molar-refractivity contribution is 9.10. The van der Waals surface area contributed by atoms with Gasteiger partial charge in [0.2, 0.25) is 0 Å². The summed E-state index contributed by atoms with van der Waals surface area (Å²) in [4.78, 5) is 12.0. The molecule has 1 aromatic rings. The number of rotatable bonds is 5. The van der Waals surface area contributed by atoms with E-state index in [2.05, 4.69) is 22.5 Å². The van der Waals surface area contributed by atoms with Crippen molar-refractivity contribution in [2.45, 2.75) is 12.8 Å². The minimum Gasteiger partial charge on any atom is -0.468 e. The Kier molecular flexibility index (Phi) is 6.30. The molecule has 0 saturated carbocycles. The van der Waals surface area contributed by atoms with Crippen LogP contribution in [0.2, 0.25) is 0 Å².